The molecule has 1 saturated heterocycles. The molecule has 2 heterocycles. The predicted octanol–water partition coefficient (Wildman–Crippen LogP) is 5.82. The number of carbonyl (C=O) groups is 1. The summed E-state index contributed by atoms with van der Waals surface area (Å²) < 4.78 is 2.26. The van der Waals surface area contributed by atoms with Crippen LogP contribution in [0.15, 0.2) is 72.8 Å². The quantitative estimate of drug-likeness (QED) is 0.401. The van der Waals surface area contributed by atoms with Gasteiger partial charge in [-0.05, 0) is 47.9 Å². The summed E-state index contributed by atoms with van der Waals surface area (Å²) in [4.78, 5) is 19.9. The number of amides is 1. The van der Waals surface area contributed by atoms with Crippen LogP contribution >= 0.6 is 11.6 Å². The Morgan fingerprint density at radius 3 is 2.55 bits per heavy atom. The highest BCUT2D eigenvalue weighted by Gasteiger charge is 2.35. The van der Waals surface area contributed by atoms with Crippen molar-refractivity contribution in [2.45, 2.75) is 32.2 Å². The molecule has 1 aromatic heterocycles. The molecule has 5 heteroatoms. The summed E-state index contributed by atoms with van der Waals surface area (Å²) in [6.07, 6.45) is 1.38. The minimum absolute atomic E-state index is 0.0529. The van der Waals surface area contributed by atoms with E-state index in [0.717, 1.165) is 39.6 Å². The maximum absolute atomic E-state index is 13.0. The molecule has 0 spiro atoms. The first-order valence-electron chi connectivity index (χ1n) is 10.7. The molecule has 1 atom stereocenters. The molecule has 4 nitrogen and oxygen atoms in total. The summed E-state index contributed by atoms with van der Waals surface area (Å²) in [5.74, 6) is 1.19. The van der Waals surface area contributed by atoms with Gasteiger partial charge >= 0.3 is 0 Å². The topological polar surface area (TPSA) is 38.1 Å². The Morgan fingerprint density at radius 2 is 1.74 bits per heavy atom. The number of hydrogen-bond donors (Lipinski definition) is 0. The third-order valence-corrected chi connectivity index (χ3v) is 6.34. The second kappa shape index (κ2) is 8.20. The molecule has 0 saturated carbocycles. The SMILES string of the molecule is CCc1ccccc1N1C[C@H](c2nc3ccccc3n2Cc2ccc(Cl)cc2)CC1=O. The lowest BCUT2D eigenvalue weighted by atomic mass is 10.1. The number of benzene rings is 3. The molecule has 1 amide bonds. The zero-order valence-corrected chi connectivity index (χ0v) is 18.2. The standard InChI is InChI=1S/C26H24ClN3O/c1-2-19-7-3-5-9-23(19)29-17-20(15-25(29)31)26-28-22-8-4-6-10-24(22)30(26)16-18-11-13-21(27)14-12-18/h3-14,20H,2,15-17H2,1H3/t20-/m1/s1. The number of halogens is 1. The van der Waals surface area contributed by atoms with E-state index >= 15 is 0 Å². The maximum atomic E-state index is 13.0. The Morgan fingerprint density at radius 1 is 1.00 bits per heavy atom. The van der Waals surface area contributed by atoms with Crippen LogP contribution in [0.1, 0.15) is 36.2 Å². The summed E-state index contributed by atoms with van der Waals surface area (Å²) in [6, 6.07) is 24.3. The second-order valence-electron chi connectivity index (χ2n) is 8.06. The largest absolute Gasteiger partial charge is 0.323 e. The molecule has 31 heavy (non-hydrogen) atoms. The minimum atomic E-state index is 0.0529. The lowest BCUT2D eigenvalue weighted by Gasteiger charge is -2.20. The number of anilines is 1. The Hall–Kier alpha value is -3.11. The van der Waals surface area contributed by atoms with Gasteiger partial charge in [0.15, 0.2) is 0 Å². The van der Waals surface area contributed by atoms with Gasteiger partial charge in [0.25, 0.3) is 0 Å². The van der Waals surface area contributed by atoms with E-state index in [4.69, 9.17) is 16.6 Å². The van der Waals surface area contributed by atoms with Crippen molar-refractivity contribution in [2.24, 2.45) is 0 Å². The van der Waals surface area contributed by atoms with Crippen LogP contribution in [0, 0.1) is 0 Å². The van der Waals surface area contributed by atoms with Gasteiger partial charge in [0.1, 0.15) is 5.82 Å². The fourth-order valence-corrected chi connectivity index (χ4v) is 4.66. The van der Waals surface area contributed by atoms with Crippen molar-refractivity contribution in [3.63, 3.8) is 0 Å². The number of para-hydroxylation sites is 3. The van der Waals surface area contributed by atoms with Gasteiger partial charge in [-0.15, -0.1) is 0 Å². The molecule has 1 aliphatic rings. The van der Waals surface area contributed by atoms with Crippen LogP contribution in [0.2, 0.25) is 5.02 Å². The Bertz CT molecular complexity index is 1250. The highest BCUT2D eigenvalue weighted by Crippen LogP contribution is 2.35. The second-order valence-corrected chi connectivity index (χ2v) is 8.50. The fraction of sp³-hybridized carbons (Fsp3) is 0.231. The number of imidazole rings is 1. The van der Waals surface area contributed by atoms with Crippen molar-refractivity contribution in [3.05, 3.63) is 94.8 Å². The van der Waals surface area contributed by atoms with E-state index in [2.05, 4.69) is 29.7 Å². The summed E-state index contributed by atoms with van der Waals surface area (Å²) in [5, 5.41) is 0.728. The van der Waals surface area contributed by atoms with Crippen LogP contribution < -0.4 is 4.90 Å². The highest BCUT2D eigenvalue weighted by atomic mass is 35.5. The smallest absolute Gasteiger partial charge is 0.227 e. The number of aryl methyl sites for hydroxylation is 1. The maximum Gasteiger partial charge on any atom is 0.227 e. The highest BCUT2D eigenvalue weighted by molar-refractivity contribution is 6.30. The zero-order chi connectivity index (χ0) is 21.4. The molecule has 0 N–H and O–H groups in total. The van der Waals surface area contributed by atoms with Crippen LogP contribution in [0.25, 0.3) is 11.0 Å². The molecular weight excluding hydrogens is 406 g/mol. The van der Waals surface area contributed by atoms with Crippen molar-refractivity contribution < 1.29 is 4.79 Å². The summed E-state index contributed by atoms with van der Waals surface area (Å²) in [6.45, 7) is 3.48. The first-order chi connectivity index (χ1) is 15.1. The van der Waals surface area contributed by atoms with Crippen LogP contribution in [-0.4, -0.2) is 22.0 Å². The molecule has 0 unspecified atom stereocenters. The van der Waals surface area contributed by atoms with Gasteiger partial charge in [0, 0.05) is 36.1 Å². The molecule has 156 valence electrons. The van der Waals surface area contributed by atoms with Gasteiger partial charge in [0.05, 0.1) is 11.0 Å². The van der Waals surface area contributed by atoms with Gasteiger partial charge in [-0.1, -0.05) is 61.0 Å². The van der Waals surface area contributed by atoms with Gasteiger partial charge in [0.2, 0.25) is 5.91 Å². The van der Waals surface area contributed by atoms with E-state index in [1.54, 1.807) is 0 Å². The van der Waals surface area contributed by atoms with Gasteiger partial charge in [-0.25, -0.2) is 4.98 Å². The number of rotatable bonds is 5. The number of carbonyl (C=O) groups excluding carboxylic acids is 1. The minimum Gasteiger partial charge on any atom is -0.323 e. The summed E-state index contributed by atoms with van der Waals surface area (Å²) >= 11 is 6.08. The summed E-state index contributed by atoms with van der Waals surface area (Å²) in [7, 11) is 0. The zero-order valence-electron chi connectivity index (χ0n) is 17.5. The normalized spacial score (nSPS) is 16.4. The van der Waals surface area contributed by atoms with E-state index in [9.17, 15) is 4.79 Å². The molecule has 3 aromatic carbocycles. The van der Waals surface area contributed by atoms with Gasteiger partial charge in [-0.3, -0.25) is 4.79 Å². The Balaban J connectivity index is 1.53. The molecule has 0 radical (unpaired) electrons. The first kappa shape index (κ1) is 19.8. The lowest BCUT2D eigenvalue weighted by molar-refractivity contribution is -0.117. The third kappa shape index (κ3) is 3.72. The fourth-order valence-electron chi connectivity index (χ4n) is 4.53. The molecule has 1 aliphatic heterocycles. The van der Waals surface area contributed by atoms with Crippen LogP contribution in [0.3, 0.4) is 0 Å². The summed E-state index contributed by atoms with van der Waals surface area (Å²) in [5.41, 5.74) is 5.44. The monoisotopic (exact) mass is 429 g/mol. The predicted molar refractivity (Wildman–Crippen MR) is 126 cm³/mol. The van der Waals surface area contributed by atoms with E-state index < -0.39 is 0 Å². The van der Waals surface area contributed by atoms with Crippen LogP contribution in [-0.2, 0) is 17.8 Å². The third-order valence-electron chi connectivity index (χ3n) is 6.09. The molecule has 0 bridgehead atoms. The van der Waals surface area contributed by atoms with E-state index in [0.29, 0.717) is 19.5 Å². The van der Waals surface area contributed by atoms with E-state index in [-0.39, 0.29) is 11.8 Å². The van der Waals surface area contributed by atoms with Crippen molar-refractivity contribution in [1.29, 1.82) is 0 Å². The molecule has 0 aliphatic carbocycles. The van der Waals surface area contributed by atoms with Crippen molar-refractivity contribution in [1.82, 2.24) is 9.55 Å². The van der Waals surface area contributed by atoms with Crippen LogP contribution in [0.4, 0.5) is 5.69 Å². The lowest BCUT2D eigenvalue weighted by Crippen LogP contribution is -2.25. The van der Waals surface area contributed by atoms with Gasteiger partial charge < -0.3 is 9.47 Å². The molecule has 4 aromatic rings. The number of nitrogens with zero attached hydrogens (tertiary/aromatic N) is 3. The Labute approximate surface area is 187 Å². The molecular formula is C26H24ClN3O. The van der Waals surface area contributed by atoms with Crippen LogP contribution in [0.5, 0.6) is 0 Å². The van der Waals surface area contributed by atoms with Gasteiger partial charge in [-0.2, -0.15) is 0 Å². The number of fused-ring (bicyclic) bond motifs is 1. The Kier molecular flexibility index (Phi) is 5.24. The number of hydrogen-bond acceptors (Lipinski definition) is 2. The van der Waals surface area contributed by atoms with Crippen molar-refractivity contribution in [3.8, 4) is 0 Å². The number of aromatic nitrogens is 2. The van der Waals surface area contributed by atoms with E-state index in [1.165, 1.54) is 5.56 Å². The average Bonchev–Trinajstić information content (AvgIpc) is 3.36. The van der Waals surface area contributed by atoms with Crippen molar-refractivity contribution in [2.75, 3.05) is 11.4 Å². The molecule has 1 fully saturated rings. The van der Waals surface area contributed by atoms with Crippen molar-refractivity contribution >= 4 is 34.2 Å². The molecule has 5 rings (SSSR count). The first-order valence-corrected chi connectivity index (χ1v) is 11.1. The average molecular weight is 430 g/mol. The van der Waals surface area contributed by atoms with E-state index in [1.807, 2.05) is 59.5 Å².